The predicted molar refractivity (Wildman–Crippen MR) is 57.1 cm³/mol. The molecule has 1 atom stereocenters. The first kappa shape index (κ1) is 12.9. The van der Waals surface area contributed by atoms with E-state index in [0.717, 1.165) is 6.42 Å². The molecule has 0 aromatic carbocycles. The summed E-state index contributed by atoms with van der Waals surface area (Å²) in [6, 6.07) is -0.612. The third-order valence-electron chi connectivity index (χ3n) is 2.50. The fraction of sp³-hybridized carbons (Fsp3) is 0.800. The van der Waals surface area contributed by atoms with Crippen molar-refractivity contribution in [1.82, 2.24) is 10.2 Å². The summed E-state index contributed by atoms with van der Waals surface area (Å²) in [5.74, 6) is -1.01. The molecule has 1 aliphatic rings. The molecule has 6 nitrogen and oxygen atoms in total. The van der Waals surface area contributed by atoms with Crippen LogP contribution in [0.2, 0.25) is 0 Å². The quantitative estimate of drug-likeness (QED) is 0.590. The molecule has 1 fully saturated rings. The molecule has 0 saturated carbocycles. The van der Waals surface area contributed by atoms with E-state index < -0.39 is 12.0 Å². The van der Waals surface area contributed by atoms with E-state index in [9.17, 15) is 9.59 Å². The fourth-order valence-electron chi connectivity index (χ4n) is 1.68. The first-order chi connectivity index (χ1) is 7.65. The molecule has 16 heavy (non-hydrogen) atoms. The lowest BCUT2D eigenvalue weighted by atomic mass is 10.2. The van der Waals surface area contributed by atoms with E-state index in [4.69, 9.17) is 9.84 Å². The van der Waals surface area contributed by atoms with Crippen molar-refractivity contribution in [3.63, 3.8) is 0 Å². The summed E-state index contributed by atoms with van der Waals surface area (Å²) in [5, 5.41) is 11.5. The predicted octanol–water partition coefficient (Wildman–Crippen LogP) is -0.702. The first-order valence-corrected chi connectivity index (χ1v) is 5.46. The molecule has 2 N–H and O–H groups in total. The molecular weight excluding hydrogens is 212 g/mol. The van der Waals surface area contributed by atoms with Gasteiger partial charge >= 0.3 is 5.97 Å². The lowest BCUT2D eigenvalue weighted by Gasteiger charge is -2.32. The number of piperazine rings is 1. The number of nitrogens with zero attached hydrogens (tertiary/aromatic N) is 1. The maximum absolute atomic E-state index is 11.2. The van der Waals surface area contributed by atoms with Crippen LogP contribution >= 0.6 is 0 Å². The van der Waals surface area contributed by atoms with Gasteiger partial charge in [-0.2, -0.15) is 0 Å². The summed E-state index contributed by atoms with van der Waals surface area (Å²) in [6.45, 7) is 4.08. The number of aliphatic carboxylic acids is 1. The Bertz CT molecular complexity index is 257. The van der Waals surface area contributed by atoms with Gasteiger partial charge in [-0.05, 0) is 13.3 Å². The number of hydrogen-bond donors (Lipinski definition) is 2. The van der Waals surface area contributed by atoms with E-state index in [1.807, 2.05) is 6.92 Å². The summed E-state index contributed by atoms with van der Waals surface area (Å²) >= 11 is 0. The van der Waals surface area contributed by atoms with Crippen LogP contribution in [0.25, 0.3) is 0 Å². The molecule has 0 bridgehead atoms. The molecule has 0 aromatic rings. The van der Waals surface area contributed by atoms with Crippen molar-refractivity contribution < 1.29 is 19.4 Å². The Hall–Kier alpha value is -1.14. The van der Waals surface area contributed by atoms with Crippen molar-refractivity contribution in [3.05, 3.63) is 0 Å². The fourth-order valence-corrected chi connectivity index (χ4v) is 1.68. The maximum atomic E-state index is 11.2. The standard InChI is InChI=1S/C10H18N2O4/c1-2-16-5-3-4-12-7-9(13)11-6-8(12)10(14)15/h8H,2-7H2,1H3,(H,11,13)(H,14,15). The van der Waals surface area contributed by atoms with Gasteiger partial charge in [0.2, 0.25) is 5.91 Å². The van der Waals surface area contributed by atoms with Crippen molar-refractivity contribution in [3.8, 4) is 0 Å². The van der Waals surface area contributed by atoms with Crippen LogP contribution in [0.15, 0.2) is 0 Å². The van der Waals surface area contributed by atoms with Gasteiger partial charge in [-0.25, -0.2) is 0 Å². The van der Waals surface area contributed by atoms with Crippen LogP contribution in [0.1, 0.15) is 13.3 Å². The van der Waals surface area contributed by atoms with Gasteiger partial charge in [0.15, 0.2) is 0 Å². The second-order valence-corrected chi connectivity index (χ2v) is 3.68. The molecule has 6 heteroatoms. The van der Waals surface area contributed by atoms with Gasteiger partial charge in [-0.1, -0.05) is 0 Å². The summed E-state index contributed by atoms with van der Waals surface area (Å²) in [7, 11) is 0. The molecule has 0 radical (unpaired) electrons. The lowest BCUT2D eigenvalue weighted by molar-refractivity contribution is -0.146. The molecule has 92 valence electrons. The molecule has 1 saturated heterocycles. The Kier molecular flexibility index (Phi) is 5.21. The molecule has 1 unspecified atom stereocenters. The van der Waals surface area contributed by atoms with Gasteiger partial charge in [0.05, 0.1) is 6.54 Å². The van der Waals surface area contributed by atoms with Crippen LogP contribution in [0.5, 0.6) is 0 Å². The zero-order chi connectivity index (χ0) is 12.0. The maximum Gasteiger partial charge on any atom is 0.322 e. The average molecular weight is 230 g/mol. The van der Waals surface area contributed by atoms with Gasteiger partial charge in [0.25, 0.3) is 0 Å². The zero-order valence-corrected chi connectivity index (χ0v) is 9.44. The van der Waals surface area contributed by atoms with Crippen molar-refractivity contribution in [2.75, 3.05) is 32.8 Å². The van der Waals surface area contributed by atoms with Crippen LogP contribution in [-0.4, -0.2) is 60.8 Å². The summed E-state index contributed by atoms with van der Waals surface area (Å²) < 4.78 is 5.17. The van der Waals surface area contributed by atoms with Crippen LogP contribution in [0.4, 0.5) is 0 Å². The van der Waals surface area contributed by atoms with Crippen LogP contribution in [-0.2, 0) is 14.3 Å². The molecule has 1 rings (SSSR count). The molecule has 1 amide bonds. The summed E-state index contributed by atoms with van der Waals surface area (Å²) in [4.78, 5) is 23.8. The minimum absolute atomic E-state index is 0.117. The molecule has 0 spiro atoms. The van der Waals surface area contributed by atoms with Crippen LogP contribution in [0.3, 0.4) is 0 Å². The van der Waals surface area contributed by atoms with Gasteiger partial charge in [0, 0.05) is 26.3 Å². The van der Waals surface area contributed by atoms with Crippen LogP contribution < -0.4 is 5.32 Å². The van der Waals surface area contributed by atoms with E-state index >= 15 is 0 Å². The van der Waals surface area contributed by atoms with Gasteiger partial charge < -0.3 is 15.2 Å². The Morgan fingerprint density at radius 3 is 3.06 bits per heavy atom. The van der Waals surface area contributed by atoms with E-state index in [2.05, 4.69) is 5.32 Å². The molecule has 1 aliphatic heterocycles. The normalized spacial score (nSPS) is 21.8. The van der Waals surface area contributed by atoms with Gasteiger partial charge in [-0.15, -0.1) is 0 Å². The third-order valence-corrected chi connectivity index (χ3v) is 2.50. The summed E-state index contributed by atoms with van der Waals surface area (Å²) in [5.41, 5.74) is 0. The smallest absolute Gasteiger partial charge is 0.322 e. The zero-order valence-electron chi connectivity index (χ0n) is 9.44. The minimum Gasteiger partial charge on any atom is -0.480 e. The van der Waals surface area contributed by atoms with Crippen molar-refractivity contribution in [2.24, 2.45) is 0 Å². The highest BCUT2D eigenvalue weighted by Gasteiger charge is 2.31. The highest BCUT2D eigenvalue weighted by molar-refractivity contribution is 5.83. The number of carbonyl (C=O) groups excluding carboxylic acids is 1. The SMILES string of the molecule is CCOCCCN1CC(=O)NCC1C(=O)O. The Balaban J connectivity index is 2.38. The number of carboxylic acids is 1. The number of hydrogen-bond acceptors (Lipinski definition) is 4. The number of carbonyl (C=O) groups is 2. The molecule has 0 aliphatic carbocycles. The number of amides is 1. The molecular formula is C10H18N2O4. The monoisotopic (exact) mass is 230 g/mol. The molecule has 0 aromatic heterocycles. The van der Waals surface area contributed by atoms with Gasteiger partial charge in [-0.3, -0.25) is 14.5 Å². The van der Waals surface area contributed by atoms with Crippen molar-refractivity contribution in [2.45, 2.75) is 19.4 Å². The molecule has 1 heterocycles. The van der Waals surface area contributed by atoms with Crippen molar-refractivity contribution in [1.29, 1.82) is 0 Å². The Morgan fingerprint density at radius 1 is 1.69 bits per heavy atom. The second-order valence-electron chi connectivity index (χ2n) is 3.68. The number of carboxylic acid groups (broad SMARTS) is 1. The topological polar surface area (TPSA) is 78.9 Å². The van der Waals surface area contributed by atoms with E-state index in [-0.39, 0.29) is 19.0 Å². The summed E-state index contributed by atoms with van der Waals surface area (Å²) in [6.07, 6.45) is 0.741. The Labute approximate surface area is 94.6 Å². The minimum atomic E-state index is -0.892. The second kappa shape index (κ2) is 6.44. The first-order valence-electron chi connectivity index (χ1n) is 5.46. The number of nitrogens with one attached hydrogen (secondary N) is 1. The highest BCUT2D eigenvalue weighted by Crippen LogP contribution is 2.05. The van der Waals surface area contributed by atoms with Gasteiger partial charge in [0.1, 0.15) is 6.04 Å². The van der Waals surface area contributed by atoms with Crippen LogP contribution in [0, 0.1) is 0 Å². The Morgan fingerprint density at radius 2 is 2.44 bits per heavy atom. The van der Waals surface area contributed by atoms with E-state index in [0.29, 0.717) is 19.8 Å². The largest absolute Gasteiger partial charge is 0.480 e. The highest BCUT2D eigenvalue weighted by atomic mass is 16.5. The lowest BCUT2D eigenvalue weighted by Crippen LogP contribution is -2.57. The van der Waals surface area contributed by atoms with Crippen molar-refractivity contribution >= 4 is 11.9 Å². The van der Waals surface area contributed by atoms with E-state index in [1.165, 1.54) is 0 Å². The van der Waals surface area contributed by atoms with E-state index in [1.54, 1.807) is 4.90 Å². The third kappa shape index (κ3) is 3.79. The number of ether oxygens (including phenoxy) is 1. The average Bonchev–Trinajstić information content (AvgIpc) is 2.24. The number of rotatable bonds is 6.